The van der Waals surface area contributed by atoms with Crippen LogP contribution in [-0.2, 0) is 4.74 Å². The number of anilines is 2. The molecule has 2 aromatic carbocycles. The first-order valence-electron chi connectivity index (χ1n) is 7.76. The van der Waals surface area contributed by atoms with Gasteiger partial charge in [-0.05, 0) is 31.2 Å². The van der Waals surface area contributed by atoms with Gasteiger partial charge in [0.15, 0.2) is 0 Å². The zero-order chi connectivity index (χ0) is 18.7. The minimum absolute atomic E-state index is 0.00634. The molecule has 3 rings (SSSR count). The average Bonchev–Trinajstić information content (AvgIpc) is 2.65. The van der Waals surface area contributed by atoms with Gasteiger partial charge in [0.25, 0.3) is 0 Å². The number of aromatic nitrogens is 1. The summed E-state index contributed by atoms with van der Waals surface area (Å²) in [6, 6.07) is 10.4. The average molecular weight is 353 g/mol. The number of carbonyl (C=O) groups is 1. The zero-order valence-corrected chi connectivity index (χ0v) is 13.7. The monoisotopic (exact) mass is 353 g/mol. The number of pyridine rings is 1. The van der Waals surface area contributed by atoms with Gasteiger partial charge in [-0.2, -0.15) is 5.26 Å². The van der Waals surface area contributed by atoms with Crippen LogP contribution in [0.2, 0.25) is 0 Å². The second-order valence-electron chi connectivity index (χ2n) is 5.30. The number of hydrogen-bond donors (Lipinski definition) is 1. The van der Waals surface area contributed by atoms with Crippen LogP contribution < -0.4 is 5.32 Å². The van der Waals surface area contributed by atoms with Crippen LogP contribution in [0.1, 0.15) is 22.8 Å². The van der Waals surface area contributed by atoms with Crippen LogP contribution in [0.25, 0.3) is 10.9 Å². The van der Waals surface area contributed by atoms with Crippen LogP contribution in [0.5, 0.6) is 0 Å². The molecule has 0 aliphatic heterocycles. The lowest BCUT2D eigenvalue weighted by Crippen LogP contribution is -2.10. The Morgan fingerprint density at radius 1 is 1.23 bits per heavy atom. The van der Waals surface area contributed by atoms with E-state index >= 15 is 0 Å². The van der Waals surface area contributed by atoms with Crippen molar-refractivity contribution in [2.45, 2.75) is 6.92 Å². The Labute approximate surface area is 147 Å². The molecule has 7 heteroatoms. The van der Waals surface area contributed by atoms with Crippen molar-refractivity contribution in [1.82, 2.24) is 4.98 Å². The number of fused-ring (bicyclic) bond motifs is 1. The quantitative estimate of drug-likeness (QED) is 0.708. The standard InChI is InChI=1S/C19H13F2N3O2/c1-2-26-19(25)12-10-23-18-14(21)8-7-13(20)16(18)17(12)24-15-6-4-3-5-11(15)9-22/h3-8,10H,2H2,1H3,(H,23,24). The highest BCUT2D eigenvalue weighted by atomic mass is 19.1. The summed E-state index contributed by atoms with van der Waals surface area (Å²) in [7, 11) is 0. The van der Waals surface area contributed by atoms with E-state index < -0.39 is 17.6 Å². The third-order valence-corrected chi connectivity index (χ3v) is 3.72. The van der Waals surface area contributed by atoms with Gasteiger partial charge >= 0.3 is 5.97 Å². The number of nitrogens with zero attached hydrogens (tertiary/aromatic N) is 2. The first-order chi connectivity index (χ1) is 12.6. The van der Waals surface area contributed by atoms with Crippen LogP contribution >= 0.6 is 0 Å². The molecular weight excluding hydrogens is 340 g/mol. The van der Waals surface area contributed by atoms with Crippen LogP contribution in [0, 0.1) is 23.0 Å². The summed E-state index contributed by atoms with van der Waals surface area (Å²) in [4.78, 5) is 16.1. The predicted octanol–water partition coefficient (Wildman–Crippen LogP) is 4.30. The van der Waals surface area contributed by atoms with Crippen LogP contribution in [0.3, 0.4) is 0 Å². The lowest BCUT2D eigenvalue weighted by molar-refractivity contribution is 0.0527. The smallest absolute Gasteiger partial charge is 0.341 e. The van der Waals surface area contributed by atoms with E-state index in [4.69, 9.17) is 4.74 Å². The number of esters is 1. The van der Waals surface area contributed by atoms with Gasteiger partial charge in [0.05, 0.1) is 28.9 Å². The Kier molecular flexibility index (Phi) is 4.76. The van der Waals surface area contributed by atoms with Crippen molar-refractivity contribution in [2.75, 3.05) is 11.9 Å². The summed E-state index contributed by atoms with van der Waals surface area (Å²) in [6.45, 7) is 1.74. The van der Waals surface area contributed by atoms with E-state index in [2.05, 4.69) is 10.3 Å². The largest absolute Gasteiger partial charge is 0.462 e. The fourth-order valence-corrected chi connectivity index (χ4v) is 2.55. The lowest BCUT2D eigenvalue weighted by Gasteiger charge is -2.15. The highest BCUT2D eigenvalue weighted by molar-refractivity contribution is 6.06. The molecule has 0 fully saturated rings. The molecule has 0 aliphatic carbocycles. The maximum atomic E-state index is 14.5. The molecule has 0 aliphatic rings. The van der Waals surface area contributed by atoms with Crippen molar-refractivity contribution >= 4 is 28.2 Å². The number of ether oxygens (including phenoxy) is 1. The molecule has 26 heavy (non-hydrogen) atoms. The molecule has 0 radical (unpaired) electrons. The number of carbonyl (C=O) groups excluding carboxylic acids is 1. The van der Waals surface area contributed by atoms with Crippen LogP contribution in [-0.4, -0.2) is 17.6 Å². The highest BCUT2D eigenvalue weighted by Gasteiger charge is 2.21. The summed E-state index contributed by atoms with van der Waals surface area (Å²) < 4.78 is 33.5. The summed E-state index contributed by atoms with van der Waals surface area (Å²) in [5, 5.41) is 11.9. The fraction of sp³-hybridized carbons (Fsp3) is 0.105. The van der Waals surface area contributed by atoms with Gasteiger partial charge < -0.3 is 10.1 Å². The molecule has 3 aromatic rings. The maximum absolute atomic E-state index is 14.5. The summed E-state index contributed by atoms with van der Waals surface area (Å²) in [6.07, 6.45) is 1.13. The fourth-order valence-electron chi connectivity index (χ4n) is 2.55. The van der Waals surface area contributed by atoms with Gasteiger partial charge in [-0.25, -0.2) is 13.6 Å². The van der Waals surface area contributed by atoms with E-state index in [1.807, 2.05) is 6.07 Å². The van der Waals surface area contributed by atoms with Gasteiger partial charge in [0.1, 0.15) is 28.8 Å². The molecule has 0 bridgehead atoms. The van der Waals surface area contributed by atoms with Crippen molar-refractivity contribution in [1.29, 1.82) is 5.26 Å². The minimum Gasteiger partial charge on any atom is -0.462 e. The highest BCUT2D eigenvalue weighted by Crippen LogP contribution is 2.33. The van der Waals surface area contributed by atoms with Crippen molar-refractivity contribution in [3.63, 3.8) is 0 Å². The topological polar surface area (TPSA) is 75.0 Å². The van der Waals surface area contributed by atoms with E-state index in [9.17, 15) is 18.8 Å². The van der Waals surface area contributed by atoms with Gasteiger partial charge in [0.2, 0.25) is 0 Å². The van der Waals surface area contributed by atoms with E-state index in [1.54, 1.807) is 31.2 Å². The number of hydrogen-bond acceptors (Lipinski definition) is 5. The van der Waals surface area contributed by atoms with Crippen molar-refractivity contribution in [2.24, 2.45) is 0 Å². The molecule has 0 unspecified atom stereocenters. The van der Waals surface area contributed by atoms with Crippen molar-refractivity contribution in [3.8, 4) is 6.07 Å². The third-order valence-electron chi connectivity index (χ3n) is 3.72. The maximum Gasteiger partial charge on any atom is 0.341 e. The normalized spacial score (nSPS) is 10.4. The Balaban J connectivity index is 2.29. The van der Waals surface area contributed by atoms with Crippen LogP contribution in [0.4, 0.5) is 20.2 Å². The molecular formula is C19H13F2N3O2. The third kappa shape index (κ3) is 3.05. The summed E-state index contributed by atoms with van der Waals surface area (Å²) in [5.74, 6) is -2.21. The molecule has 0 atom stereocenters. The zero-order valence-electron chi connectivity index (χ0n) is 13.7. The molecule has 5 nitrogen and oxygen atoms in total. The minimum atomic E-state index is -0.753. The van der Waals surface area contributed by atoms with Gasteiger partial charge in [-0.15, -0.1) is 0 Å². The Bertz CT molecular complexity index is 1040. The Morgan fingerprint density at radius 3 is 2.69 bits per heavy atom. The number of rotatable bonds is 4. The Morgan fingerprint density at radius 2 is 1.96 bits per heavy atom. The van der Waals surface area contributed by atoms with E-state index in [-0.39, 0.29) is 34.3 Å². The first kappa shape index (κ1) is 17.3. The molecule has 0 saturated carbocycles. The van der Waals surface area contributed by atoms with Crippen molar-refractivity contribution in [3.05, 3.63) is 65.4 Å². The number of nitriles is 1. The SMILES string of the molecule is CCOC(=O)c1cnc2c(F)ccc(F)c2c1Nc1ccccc1C#N. The molecule has 0 saturated heterocycles. The second kappa shape index (κ2) is 7.15. The molecule has 1 heterocycles. The summed E-state index contributed by atoms with van der Waals surface area (Å²) >= 11 is 0. The predicted molar refractivity (Wildman–Crippen MR) is 92.1 cm³/mol. The van der Waals surface area contributed by atoms with Gasteiger partial charge in [0, 0.05) is 6.20 Å². The molecule has 1 N–H and O–H groups in total. The molecule has 130 valence electrons. The van der Waals surface area contributed by atoms with Crippen LogP contribution in [0.15, 0.2) is 42.6 Å². The summed E-state index contributed by atoms with van der Waals surface area (Å²) in [5.41, 5.74) is 0.334. The Hall–Kier alpha value is -3.53. The number of para-hydroxylation sites is 1. The van der Waals surface area contributed by atoms with Crippen molar-refractivity contribution < 1.29 is 18.3 Å². The number of nitrogens with one attached hydrogen (secondary N) is 1. The second-order valence-corrected chi connectivity index (χ2v) is 5.30. The molecule has 0 spiro atoms. The van der Waals surface area contributed by atoms with E-state index in [1.165, 1.54) is 0 Å². The lowest BCUT2D eigenvalue weighted by atomic mass is 10.1. The first-order valence-corrected chi connectivity index (χ1v) is 7.76. The molecule has 0 amide bonds. The van der Waals surface area contributed by atoms with E-state index in [0.29, 0.717) is 5.69 Å². The van der Waals surface area contributed by atoms with E-state index in [0.717, 1.165) is 18.3 Å². The molecule has 1 aromatic heterocycles. The van der Waals surface area contributed by atoms with Gasteiger partial charge in [-0.1, -0.05) is 12.1 Å². The number of benzene rings is 2. The number of halogens is 2. The van der Waals surface area contributed by atoms with Gasteiger partial charge in [-0.3, -0.25) is 4.98 Å².